The van der Waals surface area contributed by atoms with Gasteiger partial charge in [0.05, 0.1) is 18.7 Å². The number of likely N-dealkylation sites (tertiary alicyclic amines) is 1. The van der Waals surface area contributed by atoms with Crippen molar-refractivity contribution >= 4 is 34.7 Å². The van der Waals surface area contributed by atoms with E-state index in [1.807, 2.05) is 0 Å². The highest BCUT2D eigenvalue weighted by Gasteiger charge is 2.44. The molecule has 182 valence electrons. The lowest BCUT2D eigenvalue weighted by molar-refractivity contribution is -0.148. The molecule has 0 amide bonds. The lowest BCUT2D eigenvalue weighted by atomic mass is 9.94. The van der Waals surface area contributed by atoms with Crippen LogP contribution < -0.4 is 5.32 Å². The highest BCUT2D eigenvalue weighted by Crippen LogP contribution is 2.37. The van der Waals surface area contributed by atoms with E-state index in [1.54, 1.807) is 18.5 Å². The molecule has 0 bridgehead atoms. The monoisotopic (exact) mass is 514 g/mol. The lowest BCUT2D eigenvalue weighted by Gasteiger charge is -2.37. The van der Waals surface area contributed by atoms with Crippen LogP contribution in [0.25, 0.3) is 0 Å². The highest BCUT2D eigenvalue weighted by atomic mass is 35.5. The van der Waals surface area contributed by atoms with E-state index in [4.69, 9.17) is 16.3 Å². The van der Waals surface area contributed by atoms with Gasteiger partial charge in [0.2, 0.25) is 0 Å². The first kappa shape index (κ1) is 24.6. The number of amidine groups is 1. The number of piperidine rings is 1. The number of hydrogen-bond donors (Lipinski definition) is 2. The Bertz CT molecular complexity index is 1130. The molecule has 34 heavy (non-hydrogen) atoms. The topological polar surface area (TPSA) is 87.0 Å². The first-order chi connectivity index (χ1) is 16.2. The molecule has 2 N–H and O–H groups in total. The van der Waals surface area contributed by atoms with Crippen LogP contribution in [0.15, 0.2) is 46.0 Å². The Kier molecular flexibility index (Phi) is 7.27. The molecular formula is C22H22ClF3N4O3S. The minimum Gasteiger partial charge on any atom is -0.463 e. The Morgan fingerprint density at radius 2 is 2.24 bits per heavy atom. The summed E-state index contributed by atoms with van der Waals surface area (Å²) in [6, 6.07) is 2.78. The van der Waals surface area contributed by atoms with Crippen molar-refractivity contribution in [2.75, 3.05) is 26.2 Å². The second-order valence-electron chi connectivity index (χ2n) is 7.90. The summed E-state index contributed by atoms with van der Waals surface area (Å²) in [5, 5.41) is 15.0. The number of carbonyl (C=O) groups excluding carboxylic acids is 1. The molecule has 0 spiro atoms. The molecule has 12 heteroatoms. The molecular weight excluding hydrogens is 493 g/mol. The maximum Gasteiger partial charge on any atom is 0.338 e. The van der Waals surface area contributed by atoms with Crippen LogP contribution in [0.2, 0.25) is 5.02 Å². The Balaban J connectivity index is 1.80. The second-order valence-corrected chi connectivity index (χ2v) is 9.20. The van der Waals surface area contributed by atoms with E-state index in [-0.39, 0.29) is 36.7 Å². The average Bonchev–Trinajstić information content (AvgIpc) is 3.31. The summed E-state index contributed by atoms with van der Waals surface area (Å²) in [5.41, 5.74) is 0.750. The van der Waals surface area contributed by atoms with Crippen molar-refractivity contribution in [2.24, 2.45) is 4.99 Å². The summed E-state index contributed by atoms with van der Waals surface area (Å²) in [4.78, 5) is 23.4. The van der Waals surface area contributed by atoms with Gasteiger partial charge in [-0.3, -0.25) is 9.89 Å². The zero-order valence-electron chi connectivity index (χ0n) is 18.1. The molecule has 2 aliphatic heterocycles. The number of aliphatic imine (C=N–C) groups is 1. The van der Waals surface area contributed by atoms with E-state index in [2.05, 4.69) is 15.3 Å². The summed E-state index contributed by atoms with van der Waals surface area (Å²) >= 11 is 7.62. The van der Waals surface area contributed by atoms with Crippen LogP contribution >= 0.6 is 22.9 Å². The van der Waals surface area contributed by atoms with Gasteiger partial charge in [-0.05, 0) is 25.5 Å². The van der Waals surface area contributed by atoms with Gasteiger partial charge in [-0.15, -0.1) is 11.3 Å². The van der Waals surface area contributed by atoms with Crippen molar-refractivity contribution in [3.63, 3.8) is 0 Å². The summed E-state index contributed by atoms with van der Waals surface area (Å²) in [7, 11) is 0. The van der Waals surface area contributed by atoms with Gasteiger partial charge in [0.1, 0.15) is 18.0 Å². The van der Waals surface area contributed by atoms with E-state index in [0.717, 1.165) is 6.07 Å². The standard InChI is InChI=1S/C22H22ClF3N4O3S/c1-2-33-21(32)17-15(10-30-7-5-16(31)22(25,26)11-30)28-19(20-27-6-8-34-20)29-18(17)13-4-3-12(24)9-14(13)23/h3-4,6,8-9,16,18,31H,2,5,7,10-11H2,1H3,(H,28,29)/t16?,18-/m1/s1. The van der Waals surface area contributed by atoms with E-state index < -0.39 is 36.4 Å². The number of aliphatic hydroxyl groups is 1. The molecule has 1 aromatic heterocycles. The third kappa shape index (κ3) is 5.12. The number of hydrogen-bond acceptors (Lipinski definition) is 8. The predicted molar refractivity (Wildman–Crippen MR) is 122 cm³/mol. The number of aromatic nitrogens is 1. The Morgan fingerprint density at radius 1 is 1.44 bits per heavy atom. The summed E-state index contributed by atoms with van der Waals surface area (Å²) < 4.78 is 47.4. The molecule has 2 aromatic rings. The molecule has 1 fully saturated rings. The fourth-order valence-electron chi connectivity index (χ4n) is 3.92. The van der Waals surface area contributed by atoms with Gasteiger partial charge in [-0.2, -0.15) is 0 Å². The number of nitrogens with one attached hydrogen (secondary N) is 1. The van der Waals surface area contributed by atoms with Gasteiger partial charge in [0, 0.05) is 40.9 Å². The number of alkyl halides is 2. The van der Waals surface area contributed by atoms with Gasteiger partial charge in [-0.25, -0.2) is 22.9 Å². The number of benzene rings is 1. The molecule has 0 aliphatic carbocycles. The minimum absolute atomic E-state index is 0.0583. The number of rotatable bonds is 6. The third-order valence-corrected chi connectivity index (χ3v) is 6.64. The maximum absolute atomic E-state index is 14.2. The summed E-state index contributed by atoms with van der Waals surface area (Å²) in [6.07, 6.45) is -0.254. The van der Waals surface area contributed by atoms with Crippen molar-refractivity contribution < 1.29 is 27.8 Å². The molecule has 1 unspecified atom stereocenters. The number of halogens is 4. The molecule has 0 saturated carbocycles. The first-order valence-electron chi connectivity index (χ1n) is 10.6. The zero-order chi connectivity index (χ0) is 24.5. The normalized spacial score (nSPS) is 22.8. The van der Waals surface area contributed by atoms with Crippen LogP contribution in [0.4, 0.5) is 13.2 Å². The SMILES string of the molecule is CCOC(=O)C1=C(CN2CCC(O)C(F)(F)C2)NC(c2nccs2)=N[C@@H]1c1ccc(F)cc1Cl. The van der Waals surface area contributed by atoms with Gasteiger partial charge < -0.3 is 15.2 Å². The number of esters is 1. The van der Waals surface area contributed by atoms with Crippen molar-refractivity contribution in [1.82, 2.24) is 15.2 Å². The number of ether oxygens (including phenoxy) is 1. The van der Waals surface area contributed by atoms with Gasteiger partial charge in [0.25, 0.3) is 5.92 Å². The quantitative estimate of drug-likeness (QED) is 0.573. The number of nitrogens with zero attached hydrogens (tertiary/aromatic N) is 3. The van der Waals surface area contributed by atoms with E-state index in [1.165, 1.54) is 28.4 Å². The van der Waals surface area contributed by atoms with Crippen LogP contribution in [-0.4, -0.2) is 65.1 Å². The predicted octanol–water partition coefficient (Wildman–Crippen LogP) is 3.55. The fourth-order valence-corrected chi connectivity index (χ4v) is 4.78. The molecule has 4 rings (SSSR count). The Morgan fingerprint density at radius 3 is 2.88 bits per heavy atom. The van der Waals surface area contributed by atoms with Crippen molar-refractivity contribution in [1.29, 1.82) is 0 Å². The Hall–Kier alpha value is -2.47. The molecule has 0 radical (unpaired) electrons. The maximum atomic E-state index is 14.2. The van der Waals surface area contributed by atoms with Crippen LogP contribution in [0.5, 0.6) is 0 Å². The second kappa shape index (κ2) is 10.0. The van der Waals surface area contributed by atoms with Gasteiger partial charge in [-0.1, -0.05) is 17.7 Å². The van der Waals surface area contributed by atoms with Crippen molar-refractivity contribution in [3.8, 4) is 0 Å². The first-order valence-corrected chi connectivity index (χ1v) is 11.8. The smallest absolute Gasteiger partial charge is 0.338 e. The van der Waals surface area contributed by atoms with E-state index in [9.17, 15) is 23.1 Å². The van der Waals surface area contributed by atoms with E-state index in [0.29, 0.717) is 22.1 Å². The van der Waals surface area contributed by atoms with Crippen LogP contribution in [-0.2, 0) is 9.53 Å². The number of thiazole rings is 1. The van der Waals surface area contributed by atoms with Crippen LogP contribution in [0.3, 0.4) is 0 Å². The van der Waals surface area contributed by atoms with Gasteiger partial charge in [0.15, 0.2) is 10.8 Å². The van der Waals surface area contributed by atoms with Crippen molar-refractivity contribution in [3.05, 3.63) is 62.5 Å². The molecule has 3 heterocycles. The van der Waals surface area contributed by atoms with Gasteiger partial charge >= 0.3 is 5.97 Å². The largest absolute Gasteiger partial charge is 0.463 e. The summed E-state index contributed by atoms with van der Waals surface area (Å²) in [6.45, 7) is 1.18. The average molecular weight is 515 g/mol. The van der Waals surface area contributed by atoms with E-state index >= 15 is 0 Å². The third-order valence-electron chi connectivity index (χ3n) is 5.54. The van der Waals surface area contributed by atoms with Crippen LogP contribution in [0, 0.1) is 5.82 Å². The molecule has 2 atom stereocenters. The molecule has 2 aliphatic rings. The molecule has 1 saturated heterocycles. The Labute approximate surface area is 202 Å². The lowest BCUT2D eigenvalue weighted by Crippen LogP contribution is -2.53. The fraction of sp³-hybridized carbons (Fsp3) is 0.409. The molecule has 7 nitrogen and oxygen atoms in total. The number of carbonyl (C=O) groups is 1. The minimum atomic E-state index is -3.29. The van der Waals surface area contributed by atoms with Crippen LogP contribution in [0.1, 0.15) is 30.0 Å². The summed E-state index contributed by atoms with van der Waals surface area (Å²) in [5.74, 6) is -4.21. The molecule has 1 aromatic carbocycles. The number of aliphatic hydroxyl groups excluding tert-OH is 1. The zero-order valence-corrected chi connectivity index (χ0v) is 19.7. The highest BCUT2D eigenvalue weighted by molar-refractivity contribution is 7.11. The van der Waals surface area contributed by atoms with Crippen molar-refractivity contribution in [2.45, 2.75) is 31.4 Å².